The number of hydrogen-bond donors (Lipinski definition) is 3. The SMILES string of the molecule is Cc1ccc2[nH]cc(CCNO)c2c1. The van der Waals surface area contributed by atoms with Crippen molar-refractivity contribution in [1.29, 1.82) is 0 Å². The third-order valence-corrected chi connectivity index (χ3v) is 2.43. The number of fused-ring (bicyclic) bond motifs is 1. The predicted molar refractivity (Wildman–Crippen MR) is 56.5 cm³/mol. The lowest BCUT2D eigenvalue weighted by molar-refractivity contribution is 0.168. The maximum Gasteiger partial charge on any atom is 0.0456 e. The summed E-state index contributed by atoms with van der Waals surface area (Å²) in [4.78, 5) is 3.21. The molecule has 0 fully saturated rings. The van der Waals surface area contributed by atoms with E-state index in [9.17, 15) is 0 Å². The van der Waals surface area contributed by atoms with E-state index in [1.165, 1.54) is 16.5 Å². The van der Waals surface area contributed by atoms with E-state index in [1.807, 2.05) is 6.20 Å². The minimum atomic E-state index is 0.584. The molecule has 1 heterocycles. The Morgan fingerprint density at radius 3 is 3.07 bits per heavy atom. The monoisotopic (exact) mass is 190 g/mol. The Kier molecular flexibility index (Phi) is 2.52. The highest BCUT2D eigenvalue weighted by Gasteiger charge is 2.02. The predicted octanol–water partition coefficient (Wildman–Crippen LogP) is 2.00. The minimum absolute atomic E-state index is 0.584. The Bertz CT molecular complexity index is 434. The summed E-state index contributed by atoms with van der Waals surface area (Å²) in [6, 6.07) is 6.34. The van der Waals surface area contributed by atoms with Gasteiger partial charge >= 0.3 is 0 Å². The number of benzene rings is 1. The van der Waals surface area contributed by atoms with E-state index >= 15 is 0 Å². The number of hydroxylamine groups is 1. The van der Waals surface area contributed by atoms with Crippen molar-refractivity contribution >= 4 is 10.9 Å². The molecule has 0 bridgehead atoms. The van der Waals surface area contributed by atoms with E-state index in [-0.39, 0.29) is 0 Å². The van der Waals surface area contributed by atoms with Crippen LogP contribution in [-0.2, 0) is 6.42 Å². The lowest BCUT2D eigenvalue weighted by Gasteiger charge is -1.98. The van der Waals surface area contributed by atoms with Gasteiger partial charge in [-0.25, -0.2) is 5.48 Å². The molecule has 1 aromatic heterocycles. The van der Waals surface area contributed by atoms with Crippen LogP contribution < -0.4 is 5.48 Å². The number of hydrogen-bond acceptors (Lipinski definition) is 2. The molecule has 3 N–H and O–H groups in total. The number of aromatic nitrogens is 1. The highest BCUT2D eigenvalue weighted by Crippen LogP contribution is 2.19. The minimum Gasteiger partial charge on any atom is -0.361 e. The lowest BCUT2D eigenvalue weighted by Crippen LogP contribution is -2.10. The molecule has 0 unspecified atom stereocenters. The van der Waals surface area contributed by atoms with Gasteiger partial charge in [0.25, 0.3) is 0 Å². The Morgan fingerprint density at radius 1 is 1.43 bits per heavy atom. The average molecular weight is 190 g/mol. The van der Waals surface area contributed by atoms with Crippen LogP contribution >= 0.6 is 0 Å². The van der Waals surface area contributed by atoms with E-state index in [2.05, 4.69) is 35.6 Å². The van der Waals surface area contributed by atoms with E-state index in [1.54, 1.807) is 0 Å². The highest BCUT2D eigenvalue weighted by atomic mass is 16.5. The third kappa shape index (κ3) is 1.64. The first-order valence-corrected chi connectivity index (χ1v) is 4.75. The lowest BCUT2D eigenvalue weighted by atomic mass is 10.1. The second kappa shape index (κ2) is 3.82. The van der Waals surface area contributed by atoms with E-state index in [0.29, 0.717) is 6.54 Å². The number of aryl methyl sites for hydroxylation is 1. The van der Waals surface area contributed by atoms with Crippen LogP contribution in [0.1, 0.15) is 11.1 Å². The molecule has 0 saturated heterocycles. The molecule has 0 aliphatic heterocycles. The van der Waals surface area contributed by atoms with E-state index in [0.717, 1.165) is 11.9 Å². The topological polar surface area (TPSA) is 48.0 Å². The second-order valence-corrected chi connectivity index (χ2v) is 3.52. The van der Waals surface area contributed by atoms with Gasteiger partial charge in [-0.1, -0.05) is 11.6 Å². The molecule has 14 heavy (non-hydrogen) atoms. The third-order valence-electron chi connectivity index (χ3n) is 2.43. The van der Waals surface area contributed by atoms with Gasteiger partial charge in [0.05, 0.1) is 0 Å². The summed E-state index contributed by atoms with van der Waals surface area (Å²) >= 11 is 0. The molecule has 1 aromatic carbocycles. The van der Waals surface area contributed by atoms with Crippen LogP contribution in [0.3, 0.4) is 0 Å². The fourth-order valence-electron chi connectivity index (χ4n) is 1.69. The Labute approximate surface area is 82.7 Å². The molecular weight excluding hydrogens is 176 g/mol. The summed E-state index contributed by atoms with van der Waals surface area (Å²) in [5.41, 5.74) is 5.83. The van der Waals surface area contributed by atoms with E-state index < -0.39 is 0 Å². The molecule has 0 spiro atoms. The zero-order valence-electron chi connectivity index (χ0n) is 8.17. The van der Waals surface area contributed by atoms with Crippen molar-refractivity contribution < 1.29 is 5.21 Å². The number of H-pyrrole nitrogens is 1. The fraction of sp³-hybridized carbons (Fsp3) is 0.273. The second-order valence-electron chi connectivity index (χ2n) is 3.52. The van der Waals surface area contributed by atoms with Crippen molar-refractivity contribution in [2.75, 3.05) is 6.54 Å². The average Bonchev–Trinajstić information content (AvgIpc) is 2.57. The molecule has 0 aliphatic rings. The molecule has 0 saturated carbocycles. The van der Waals surface area contributed by atoms with Gasteiger partial charge in [-0.05, 0) is 31.0 Å². The molecule has 0 radical (unpaired) electrons. The van der Waals surface area contributed by atoms with Crippen molar-refractivity contribution in [1.82, 2.24) is 10.5 Å². The number of aromatic amines is 1. The largest absolute Gasteiger partial charge is 0.361 e. The van der Waals surface area contributed by atoms with Gasteiger partial charge in [0.15, 0.2) is 0 Å². The molecular formula is C11H14N2O. The first-order chi connectivity index (χ1) is 6.81. The van der Waals surface area contributed by atoms with Crippen LogP contribution in [0.2, 0.25) is 0 Å². The highest BCUT2D eigenvalue weighted by molar-refractivity contribution is 5.83. The van der Waals surface area contributed by atoms with Crippen LogP contribution in [0.5, 0.6) is 0 Å². The maximum atomic E-state index is 8.53. The smallest absolute Gasteiger partial charge is 0.0456 e. The Morgan fingerprint density at radius 2 is 2.29 bits per heavy atom. The quantitative estimate of drug-likeness (QED) is 0.648. The molecule has 3 heteroatoms. The fourth-order valence-corrected chi connectivity index (χ4v) is 1.69. The van der Waals surface area contributed by atoms with Crippen LogP contribution in [0.4, 0.5) is 0 Å². The number of rotatable bonds is 3. The first kappa shape index (κ1) is 9.24. The van der Waals surface area contributed by atoms with Gasteiger partial charge in [0.1, 0.15) is 0 Å². The summed E-state index contributed by atoms with van der Waals surface area (Å²) < 4.78 is 0. The van der Waals surface area contributed by atoms with Crippen LogP contribution in [-0.4, -0.2) is 16.7 Å². The zero-order chi connectivity index (χ0) is 9.97. The van der Waals surface area contributed by atoms with Gasteiger partial charge < -0.3 is 10.2 Å². The summed E-state index contributed by atoms with van der Waals surface area (Å²) in [5.74, 6) is 0. The Hall–Kier alpha value is -1.32. The van der Waals surface area contributed by atoms with Gasteiger partial charge in [-0.15, -0.1) is 0 Å². The van der Waals surface area contributed by atoms with Gasteiger partial charge in [-0.2, -0.15) is 0 Å². The molecule has 0 amide bonds. The molecule has 74 valence electrons. The van der Waals surface area contributed by atoms with Crippen LogP contribution in [0.25, 0.3) is 10.9 Å². The van der Waals surface area contributed by atoms with Crippen molar-refractivity contribution in [3.63, 3.8) is 0 Å². The normalized spacial score (nSPS) is 11.0. The molecule has 3 nitrogen and oxygen atoms in total. The standard InChI is InChI=1S/C11H14N2O/c1-8-2-3-11-10(6-8)9(7-12-11)4-5-13-14/h2-3,6-7,12-14H,4-5H2,1H3. The van der Waals surface area contributed by atoms with Crippen molar-refractivity contribution in [3.05, 3.63) is 35.5 Å². The summed E-state index contributed by atoms with van der Waals surface area (Å²) in [5, 5.41) is 9.78. The number of nitrogens with one attached hydrogen (secondary N) is 2. The Balaban J connectivity index is 2.40. The van der Waals surface area contributed by atoms with Crippen molar-refractivity contribution in [2.45, 2.75) is 13.3 Å². The van der Waals surface area contributed by atoms with Crippen molar-refractivity contribution in [2.24, 2.45) is 0 Å². The van der Waals surface area contributed by atoms with E-state index in [4.69, 9.17) is 5.21 Å². The van der Waals surface area contributed by atoms with Crippen molar-refractivity contribution in [3.8, 4) is 0 Å². The summed E-state index contributed by atoms with van der Waals surface area (Å²) in [6.07, 6.45) is 2.83. The molecule has 0 atom stereocenters. The zero-order valence-corrected chi connectivity index (χ0v) is 8.17. The maximum absolute atomic E-state index is 8.53. The van der Waals surface area contributed by atoms with Gasteiger partial charge in [0, 0.05) is 23.6 Å². The van der Waals surface area contributed by atoms with Gasteiger partial charge in [-0.3, -0.25) is 0 Å². The molecule has 0 aliphatic carbocycles. The van der Waals surface area contributed by atoms with Gasteiger partial charge in [0.2, 0.25) is 0 Å². The van der Waals surface area contributed by atoms with Crippen LogP contribution in [0.15, 0.2) is 24.4 Å². The summed E-state index contributed by atoms with van der Waals surface area (Å²) in [6.45, 7) is 2.67. The molecule has 2 aromatic rings. The van der Waals surface area contributed by atoms with Crippen LogP contribution in [0, 0.1) is 6.92 Å². The summed E-state index contributed by atoms with van der Waals surface area (Å²) in [7, 11) is 0. The first-order valence-electron chi connectivity index (χ1n) is 4.75. The molecule has 2 rings (SSSR count).